The van der Waals surface area contributed by atoms with Crippen LogP contribution < -0.4 is 9.64 Å². The molecule has 0 saturated carbocycles. The molecule has 0 aliphatic carbocycles. The molecule has 24 heavy (non-hydrogen) atoms. The second kappa shape index (κ2) is 7.46. The van der Waals surface area contributed by atoms with Crippen LogP contribution in [-0.2, 0) is 6.18 Å². The number of halogens is 4. The van der Waals surface area contributed by atoms with Crippen LogP contribution >= 0.6 is 0 Å². The lowest BCUT2D eigenvalue weighted by molar-refractivity contribution is -0.139. The molecule has 0 amide bonds. The van der Waals surface area contributed by atoms with Gasteiger partial charge in [-0.15, -0.1) is 0 Å². The average Bonchev–Trinajstić information content (AvgIpc) is 2.53. The molecule has 8 heteroatoms. The van der Waals surface area contributed by atoms with Crippen molar-refractivity contribution in [3.05, 3.63) is 41.8 Å². The maximum atomic E-state index is 13.4. The van der Waals surface area contributed by atoms with Crippen molar-refractivity contribution in [2.75, 3.05) is 18.1 Å². The number of hydrogen-bond acceptors (Lipinski definition) is 4. The van der Waals surface area contributed by atoms with E-state index in [0.29, 0.717) is 24.8 Å². The first kappa shape index (κ1) is 18.0. The van der Waals surface area contributed by atoms with Gasteiger partial charge in [-0.25, -0.2) is 9.37 Å². The van der Waals surface area contributed by atoms with Gasteiger partial charge >= 0.3 is 6.18 Å². The van der Waals surface area contributed by atoms with Gasteiger partial charge in [-0.3, -0.25) is 0 Å². The standard InChI is InChI=1S/C16H17F4N3O/c1-3-8-24-14-13(16(18,19)20)10-21-15(22-14)23(4-2)12-7-5-6-11(17)9-12/h5-7,9-10H,3-4,8H2,1-2H3. The fourth-order valence-corrected chi connectivity index (χ4v) is 2.07. The highest BCUT2D eigenvalue weighted by atomic mass is 19.4. The molecule has 0 saturated heterocycles. The Morgan fingerprint density at radius 3 is 2.54 bits per heavy atom. The van der Waals surface area contributed by atoms with Crippen molar-refractivity contribution >= 4 is 11.6 Å². The van der Waals surface area contributed by atoms with Crippen LogP contribution in [0.4, 0.5) is 29.2 Å². The van der Waals surface area contributed by atoms with E-state index in [9.17, 15) is 17.6 Å². The highest BCUT2D eigenvalue weighted by molar-refractivity contribution is 5.57. The maximum Gasteiger partial charge on any atom is 0.423 e. The van der Waals surface area contributed by atoms with Gasteiger partial charge in [-0.2, -0.15) is 18.2 Å². The van der Waals surface area contributed by atoms with Crippen LogP contribution in [0.2, 0.25) is 0 Å². The maximum absolute atomic E-state index is 13.4. The topological polar surface area (TPSA) is 38.2 Å². The van der Waals surface area contributed by atoms with Gasteiger partial charge in [0.15, 0.2) is 0 Å². The first-order valence-electron chi connectivity index (χ1n) is 7.47. The minimum Gasteiger partial charge on any atom is -0.477 e. The Morgan fingerprint density at radius 1 is 1.21 bits per heavy atom. The number of aromatic nitrogens is 2. The van der Waals surface area contributed by atoms with Crippen molar-refractivity contribution in [1.29, 1.82) is 0 Å². The van der Waals surface area contributed by atoms with E-state index in [0.717, 1.165) is 0 Å². The van der Waals surface area contributed by atoms with E-state index >= 15 is 0 Å². The van der Waals surface area contributed by atoms with E-state index in [1.54, 1.807) is 19.9 Å². The Labute approximate surface area is 137 Å². The quantitative estimate of drug-likeness (QED) is 0.720. The van der Waals surface area contributed by atoms with Crippen LogP contribution in [0.15, 0.2) is 30.5 Å². The molecule has 1 aromatic heterocycles. The summed E-state index contributed by atoms with van der Waals surface area (Å²) in [6.45, 7) is 3.99. The number of benzene rings is 1. The van der Waals surface area contributed by atoms with Gasteiger partial charge in [-0.1, -0.05) is 13.0 Å². The molecule has 2 aromatic rings. The van der Waals surface area contributed by atoms with Gasteiger partial charge in [-0.05, 0) is 31.5 Å². The number of ether oxygens (including phenoxy) is 1. The lowest BCUT2D eigenvalue weighted by atomic mass is 10.3. The molecule has 0 spiro atoms. The number of hydrogen-bond donors (Lipinski definition) is 0. The summed E-state index contributed by atoms with van der Waals surface area (Å²) in [6, 6.07) is 5.67. The van der Waals surface area contributed by atoms with E-state index in [2.05, 4.69) is 9.97 Å². The van der Waals surface area contributed by atoms with E-state index < -0.39 is 23.4 Å². The second-order valence-corrected chi connectivity index (χ2v) is 4.96. The van der Waals surface area contributed by atoms with Crippen molar-refractivity contribution in [2.24, 2.45) is 0 Å². The van der Waals surface area contributed by atoms with Crippen LogP contribution in [0.25, 0.3) is 0 Å². The highest BCUT2D eigenvalue weighted by Gasteiger charge is 2.36. The summed E-state index contributed by atoms with van der Waals surface area (Å²) in [6.07, 6.45) is -3.38. The lowest BCUT2D eigenvalue weighted by Gasteiger charge is -2.22. The molecule has 1 aromatic carbocycles. The molecule has 2 rings (SSSR count). The SMILES string of the molecule is CCCOc1nc(N(CC)c2cccc(F)c2)ncc1C(F)(F)F. The van der Waals surface area contributed by atoms with Crippen molar-refractivity contribution in [3.8, 4) is 5.88 Å². The summed E-state index contributed by atoms with van der Waals surface area (Å²) in [5, 5.41) is 0. The average molecular weight is 343 g/mol. The van der Waals surface area contributed by atoms with Crippen molar-refractivity contribution in [2.45, 2.75) is 26.4 Å². The molecule has 130 valence electrons. The lowest BCUT2D eigenvalue weighted by Crippen LogP contribution is -2.21. The van der Waals surface area contributed by atoms with Crippen LogP contribution in [-0.4, -0.2) is 23.1 Å². The molecule has 0 unspecified atom stereocenters. The van der Waals surface area contributed by atoms with Gasteiger partial charge in [0.05, 0.1) is 6.61 Å². The molecule has 0 radical (unpaired) electrons. The third kappa shape index (κ3) is 4.12. The predicted molar refractivity (Wildman–Crippen MR) is 81.9 cm³/mol. The summed E-state index contributed by atoms with van der Waals surface area (Å²) in [5.74, 6) is -0.966. The fourth-order valence-electron chi connectivity index (χ4n) is 2.07. The minimum atomic E-state index is -4.61. The van der Waals surface area contributed by atoms with E-state index in [1.165, 1.54) is 23.1 Å². The van der Waals surface area contributed by atoms with Crippen molar-refractivity contribution in [3.63, 3.8) is 0 Å². The molecule has 0 N–H and O–H groups in total. The zero-order chi connectivity index (χ0) is 17.7. The van der Waals surface area contributed by atoms with E-state index in [-0.39, 0.29) is 12.6 Å². The van der Waals surface area contributed by atoms with Gasteiger partial charge in [0, 0.05) is 18.4 Å². The number of anilines is 2. The third-order valence-corrected chi connectivity index (χ3v) is 3.17. The fraction of sp³-hybridized carbons (Fsp3) is 0.375. The van der Waals surface area contributed by atoms with Crippen molar-refractivity contribution in [1.82, 2.24) is 9.97 Å². The number of alkyl halides is 3. The molecule has 0 aliphatic rings. The zero-order valence-corrected chi connectivity index (χ0v) is 13.3. The van der Waals surface area contributed by atoms with Crippen LogP contribution in [0.3, 0.4) is 0 Å². The summed E-state index contributed by atoms with van der Waals surface area (Å²) >= 11 is 0. The van der Waals surface area contributed by atoms with Gasteiger partial charge in [0.2, 0.25) is 11.8 Å². The molecule has 0 atom stereocenters. The Balaban J connectivity index is 2.45. The van der Waals surface area contributed by atoms with Crippen molar-refractivity contribution < 1.29 is 22.3 Å². The number of rotatable bonds is 6. The highest BCUT2D eigenvalue weighted by Crippen LogP contribution is 2.36. The summed E-state index contributed by atoms with van der Waals surface area (Å²) in [7, 11) is 0. The van der Waals surface area contributed by atoms with Gasteiger partial charge in [0.25, 0.3) is 0 Å². The third-order valence-electron chi connectivity index (χ3n) is 3.17. The molecular weight excluding hydrogens is 326 g/mol. The Kier molecular flexibility index (Phi) is 5.58. The minimum absolute atomic E-state index is 0.0159. The molecule has 4 nitrogen and oxygen atoms in total. The van der Waals surface area contributed by atoms with Crippen LogP contribution in [0.1, 0.15) is 25.8 Å². The summed E-state index contributed by atoms with van der Waals surface area (Å²) < 4.78 is 57.7. The summed E-state index contributed by atoms with van der Waals surface area (Å²) in [5.41, 5.74) is -0.589. The van der Waals surface area contributed by atoms with Gasteiger partial charge in [0.1, 0.15) is 11.4 Å². The van der Waals surface area contributed by atoms with Crippen LogP contribution in [0, 0.1) is 5.82 Å². The summed E-state index contributed by atoms with van der Waals surface area (Å²) in [4.78, 5) is 9.19. The molecule has 1 heterocycles. The Morgan fingerprint density at radius 2 is 1.96 bits per heavy atom. The van der Waals surface area contributed by atoms with E-state index in [1.807, 2.05) is 0 Å². The van der Waals surface area contributed by atoms with E-state index in [4.69, 9.17) is 4.74 Å². The predicted octanol–water partition coefficient (Wildman–Crippen LogP) is 4.58. The first-order valence-corrected chi connectivity index (χ1v) is 7.47. The monoisotopic (exact) mass is 343 g/mol. The molecule has 0 aliphatic heterocycles. The smallest absolute Gasteiger partial charge is 0.423 e. The Hall–Kier alpha value is -2.38. The molecule has 0 bridgehead atoms. The normalized spacial score (nSPS) is 11.4. The Bertz CT molecular complexity index is 691. The largest absolute Gasteiger partial charge is 0.477 e. The molecule has 0 fully saturated rings. The first-order chi connectivity index (χ1) is 11.4. The molecular formula is C16H17F4N3O. The second-order valence-electron chi connectivity index (χ2n) is 4.96. The van der Waals surface area contributed by atoms with Gasteiger partial charge < -0.3 is 9.64 Å². The number of nitrogens with zero attached hydrogens (tertiary/aromatic N) is 3. The van der Waals surface area contributed by atoms with Crippen LogP contribution in [0.5, 0.6) is 5.88 Å². The zero-order valence-electron chi connectivity index (χ0n) is 13.3.